The maximum Gasteiger partial charge on any atom is 0.336 e. The molecule has 0 spiro atoms. The van der Waals surface area contributed by atoms with Gasteiger partial charge in [-0.25, -0.2) is 18.0 Å². The Morgan fingerprint density at radius 2 is 1.86 bits per heavy atom. The molecule has 0 aliphatic carbocycles. The Labute approximate surface area is 158 Å². The summed E-state index contributed by atoms with van der Waals surface area (Å²) in [4.78, 5) is 25.5. The molecule has 0 aliphatic rings. The van der Waals surface area contributed by atoms with Crippen LogP contribution >= 0.6 is 0 Å². The monoisotopic (exact) mass is 390 g/mol. The number of hydrogen-bond acceptors (Lipinski definition) is 4. The molecule has 5 nitrogen and oxygen atoms in total. The highest BCUT2D eigenvalue weighted by molar-refractivity contribution is 5.92. The van der Waals surface area contributed by atoms with Crippen molar-refractivity contribution in [2.45, 2.75) is 13.5 Å². The van der Waals surface area contributed by atoms with Gasteiger partial charge >= 0.3 is 5.63 Å². The first-order valence-corrected chi connectivity index (χ1v) is 8.40. The predicted molar refractivity (Wildman–Crippen MR) is 98.5 cm³/mol. The zero-order valence-corrected chi connectivity index (χ0v) is 15.2. The molecule has 2 aromatic carbocycles. The number of anilines is 1. The fraction of sp³-hybridized carbons (Fsp3) is 0.200. The van der Waals surface area contributed by atoms with E-state index in [-0.39, 0.29) is 13.1 Å². The minimum Gasteiger partial charge on any atom is -0.423 e. The van der Waals surface area contributed by atoms with E-state index in [0.717, 1.165) is 23.1 Å². The Morgan fingerprint density at radius 1 is 1.11 bits per heavy atom. The lowest BCUT2D eigenvalue weighted by Gasteiger charge is -2.17. The number of rotatable bonds is 5. The van der Waals surface area contributed by atoms with E-state index in [9.17, 15) is 22.8 Å². The average molecular weight is 390 g/mol. The van der Waals surface area contributed by atoms with Crippen molar-refractivity contribution in [3.8, 4) is 0 Å². The van der Waals surface area contributed by atoms with Crippen molar-refractivity contribution in [3.05, 3.63) is 75.4 Å². The quantitative estimate of drug-likeness (QED) is 0.534. The second-order valence-corrected chi connectivity index (χ2v) is 6.53. The van der Waals surface area contributed by atoms with E-state index >= 15 is 0 Å². The van der Waals surface area contributed by atoms with E-state index < -0.39 is 34.7 Å². The van der Waals surface area contributed by atoms with Crippen molar-refractivity contribution in [3.63, 3.8) is 0 Å². The molecule has 0 fully saturated rings. The number of carbonyl (C=O) groups excluding carboxylic acids is 1. The molecule has 146 valence electrons. The lowest BCUT2D eigenvalue weighted by molar-refractivity contribution is -0.117. The van der Waals surface area contributed by atoms with Gasteiger partial charge in [-0.15, -0.1) is 0 Å². The summed E-state index contributed by atoms with van der Waals surface area (Å²) in [5, 5.41) is 2.95. The van der Waals surface area contributed by atoms with E-state index in [1.54, 1.807) is 18.0 Å². The van der Waals surface area contributed by atoms with Crippen molar-refractivity contribution in [2.24, 2.45) is 0 Å². The number of nitrogens with zero attached hydrogens (tertiary/aromatic N) is 1. The first kappa shape index (κ1) is 19.6. The van der Waals surface area contributed by atoms with Gasteiger partial charge in [-0.2, -0.15) is 0 Å². The molecule has 0 saturated carbocycles. The van der Waals surface area contributed by atoms with E-state index in [2.05, 4.69) is 5.32 Å². The van der Waals surface area contributed by atoms with Gasteiger partial charge in [0.25, 0.3) is 0 Å². The number of amides is 1. The number of aryl methyl sites for hydroxylation is 1. The molecule has 1 aromatic heterocycles. The van der Waals surface area contributed by atoms with Crippen LogP contribution in [-0.4, -0.2) is 24.4 Å². The summed E-state index contributed by atoms with van der Waals surface area (Å²) in [5.74, 6) is -5.06. The molecule has 8 heteroatoms. The third-order valence-electron chi connectivity index (χ3n) is 4.15. The molecule has 28 heavy (non-hydrogen) atoms. The predicted octanol–water partition coefficient (Wildman–Crippen LogP) is 3.59. The lowest BCUT2D eigenvalue weighted by Crippen LogP contribution is -2.30. The molecule has 0 aliphatic heterocycles. The number of likely N-dealkylation sites (N-methyl/N-ethyl adjacent to an activating group) is 1. The van der Waals surface area contributed by atoms with Crippen LogP contribution in [0.5, 0.6) is 0 Å². The van der Waals surface area contributed by atoms with Crippen LogP contribution in [0.25, 0.3) is 11.0 Å². The molecular formula is C20H17F3N2O3. The summed E-state index contributed by atoms with van der Waals surface area (Å²) in [6, 6.07) is 8.48. The summed E-state index contributed by atoms with van der Waals surface area (Å²) in [7, 11) is 1.63. The van der Waals surface area contributed by atoms with Gasteiger partial charge in [0, 0.05) is 18.0 Å². The smallest absolute Gasteiger partial charge is 0.336 e. The Balaban J connectivity index is 1.73. The van der Waals surface area contributed by atoms with E-state index in [1.807, 2.05) is 19.1 Å². The Kier molecular flexibility index (Phi) is 5.51. The van der Waals surface area contributed by atoms with Crippen molar-refractivity contribution < 1.29 is 22.4 Å². The van der Waals surface area contributed by atoms with Crippen molar-refractivity contribution in [2.75, 3.05) is 18.9 Å². The number of carbonyl (C=O) groups is 1. The summed E-state index contributed by atoms with van der Waals surface area (Å²) in [6.07, 6.45) is 0. The topological polar surface area (TPSA) is 62.6 Å². The average Bonchev–Trinajstić information content (AvgIpc) is 2.61. The van der Waals surface area contributed by atoms with Crippen LogP contribution in [0.2, 0.25) is 0 Å². The van der Waals surface area contributed by atoms with Gasteiger partial charge in [-0.3, -0.25) is 9.69 Å². The summed E-state index contributed by atoms with van der Waals surface area (Å²) < 4.78 is 45.1. The number of fused-ring (bicyclic) bond motifs is 1. The van der Waals surface area contributed by atoms with Crippen molar-refractivity contribution >= 4 is 22.6 Å². The first-order valence-electron chi connectivity index (χ1n) is 8.40. The van der Waals surface area contributed by atoms with Crippen molar-refractivity contribution in [1.82, 2.24) is 4.90 Å². The molecule has 0 bridgehead atoms. The summed E-state index contributed by atoms with van der Waals surface area (Å²) in [5.41, 5.74) is 1.10. The minimum atomic E-state index is -1.65. The fourth-order valence-corrected chi connectivity index (χ4v) is 2.87. The third kappa shape index (κ3) is 4.23. The molecule has 0 radical (unpaired) electrons. The lowest BCUT2D eigenvalue weighted by atomic mass is 10.1. The summed E-state index contributed by atoms with van der Waals surface area (Å²) in [6.45, 7) is 1.96. The molecule has 0 saturated heterocycles. The fourth-order valence-electron chi connectivity index (χ4n) is 2.87. The Hall–Kier alpha value is -3.13. The number of halogens is 3. The molecule has 1 amide bonds. The second-order valence-electron chi connectivity index (χ2n) is 6.53. The maximum atomic E-state index is 13.7. The number of hydrogen-bond donors (Lipinski definition) is 1. The highest BCUT2D eigenvalue weighted by Crippen LogP contribution is 2.21. The van der Waals surface area contributed by atoms with Gasteiger partial charge in [0.2, 0.25) is 5.91 Å². The Bertz CT molecular complexity index is 1110. The highest BCUT2D eigenvalue weighted by Gasteiger charge is 2.16. The Morgan fingerprint density at radius 3 is 2.61 bits per heavy atom. The highest BCUT2D eigenvalue weighted by atomic mass is 19.2. The van der Waals surface area contributed by atoms with Gasteiger partial charge in [0.1, 0.15) is 5.58 Å². The van der Waals surface area contributed by atoms with E-state index in [1.165, 1.54) is 6.07 Å². The molecule has 3 rings (SSSR count). The molecule has 1 heterocycles. The van der Waals surface area contributed by atoms with Crippen LogP contribution in [-0.2, 0) is 11.3 Å². The largest absolute Gasteiger partial charge is 0.423 e. The second kappa shape index (κ2) is 7.85. The normalized spacial score (nSPS) is 11.2. The van der Waals surface area contributed by atoms with Crippen LogP contribution in [0.4, 0.5) is 18.9 Å². The molecular weight excluding hydrogens is 373 g/mol. The third-order valence-corrected chi connectivity index (χ3v) is 4.15. The SMILES string of the molecule is Cc1ccc2c(CN(C)CC(=O)Nc3ccc(F)c(F)c3F)cc(=O)oc2c1. The van der Waals surface area contributed by atoms with Crippen LogP contribution in [0.1, 0.15) is 11.1 Å². The maximum absolute atomic E-state index is 13.7. The zero-order chi connectivity index (χ0) is 20.4. The first-order chi connectivity index (χ1) is 13.2. The standard InChI is InChI=1S/C20H17F3N2O3/c1-11-3-4-13-12(8-18(27)28-16(13)7-11)9-25(2)10-17(26)24-15-6-5-14(21)19(22)20(15)23/h3-8H,9-10H2,1-2H3,(H,24,26). The van der Waals surface area contributed by atoms with Gasteiger partial charge in [0.15, 0.2) is 17.5 Å². The van der Waals surface area contributed by atoms with Gasteiger partial charge in [-0.05, 0) is 43.3 Å². The molecule has 0 unspecified atom stereocenters. The molecule has 1 N–H and O–H groups in total. The van der Waals surface area contributed by atoms with Gasteiger partial charge in [0.05, 0.1) is 12.2 Å². The van der Waals surface area contributed by atoms with Crippen molar-refractivity contribution in [1.29, 1.82) is 0 Å². The van der Waals surface area contributed by atoms with Crippen LogP contribution < -0.4 is 10.9 Å². The van der Waals surface area contributed by atoms with Gasteiger partial charge < -0.3 is 9.73 Å². The minimum absolute atomic E-state index is 0.161. The zero-order valence-electron chi connectivity index (χ0n) is 15.2. The van der Waals surface area contributed by atoms with E-state index in [0.29, 0.717) is 11.1 Å². The van der Waals surface area contributed by atoms with Crippen LogP contribution in [0.15, 0.2) is 45.6 Å². The number of benzene rings is 2. The molecule has 0 atom stereocenters. The molecule has 3 aromatic rings. The number of nitrogens with one attached hydrogen (secondary N) is 1. The van der Waals surface area contributed by atoms with Gasteiger partial charge in [-0.1, -0.05) is 12.1 Å². The van der Waals surface area contributed by atoms with Crippen LogP contribution in [0, 0.1) is 24.4 Å². The van der Waals surface area contributed by atoms with E-state index in [4.69, 9.17) is 4.42 Å². The summed E-state index contributed by atoms with van der Waals surface area (Å²) >= 11 is 0. The van der Waals surface area contributed by atoms with Crippen LogP contribution in [0.3, 0.4) is 0 Å².